The van der Waals surface area contributed by atoms with Crippen LogP contribution in [-0.2, 0) is 6.54 Å². The van der Waals surface area contributed by atoms with Crippen molar-refractivity contribution in [3.8, 4) is 0 Å². The van der Waals surface area contributed by atoms with Crippen LogP contribution >= 0.6 is 0 Å². The van der Waals surface area contributed by atoms with Crippen molar-refractivity contribution in [2.24, 2.45) is 0 Å². The SMILES string of the molecule is O=C(O)N(Cc1ccccc1)[C@H]1CC[C@H](NCC(F)(F)F)CC1. The average Bonchev–Trinajstić information content (AvgIpc) is 2.51. The monoisotopic (exact) mass is 330 g/mol. The summed E-state index contributed by atoms with van der Waals surface area (Å²) in [5, 5.41) is 11.9. The first-order valence-electron chi connectivity index (χ1n) is 7.69. The molecule has 1 saturated carbocycles. The Hall–Kier alpha value is -1.76. The molecule has 0 aromatic heterocycles. The van der Waals surface area contributed by atoms with Crippen molar-refractivity contribution in [2.75, 3.05) is 6.54 Å². The number of nitrogens with zero attached hydrogens (tertiary/aromatic N) is 1. The van der Waals surface area contributed by atoms with Gasteiger partial charge in [-0.3, -0.25) is 0 Å². The minimum absolute atomic E-state index is 0.142. The minimum atomic E-state index is -4.21. The zero-order valence-electron chi connectivity index (χ0n) is 12.7. The molecular formula is C16H21F3N2O2. The topological polar surface area (TPSA) is 52.6 Å². The van der Waals surface area contributed by atoms with Crippen LogP contribution in [0.2, 0.25) is 0 Å². The molecule has 2 rings (SSSR count). The van der Waals surface area contributed by atoms with Gasteiger partial charge in [-0.1, -0.05) is 30.3 Å². The normalized spacial score (nSPS) is 21.9. The van der Waals surface area contributed by atoms with Crippen LogP contribution in [0.5, 0.6) is 0 Å². The number of amides is 1. The van der Waals surface area contributed by atoms with Crippen molar-refractivity contribution in [2.45, 2.75) is 50.5 Å². The number of carbonyl (C=O) groups is 1. The van der Waals surface area contributed by atoms with Gasteiger partial charge in [-0.25, -0.2) is 4.79 Å². The fourth-order valence-corrected chi connectivity index (χ4v) is 2.98. The predicted octanol–water partition coefficient (Wildman–Crippen LogP) is 3.63. The van der Waals surface area contributed by atoms with Gasteiger partial charge in [0.15, 0.2) is 0 Å². The van der Waals surface area contributed by atoms with E-state index in [9.17, 15) is 23.1 Å². The summed E-state index contributed by atoms with van der Waals surface area (Å²) in [7, 11) is 0. The number of rotatable bonds is 5. The summed E-state index contributed by atoms with van der Waals surface area (Å²) in [6.07, 6.45) is -2.93. The number of nitrogens with one attached hydrogen (secondary N) is 1. The van der Waals surface area contributed by atoms with Crippen LogP contribution in [0.25, 0.3) is 0 Å². The van der Waals surface area contributed by atoms with Gasteiger partial charge in [0.25, 0.3) is 0 Å². The summed E-state index contributed by atoms with van der Waals surface area (Å²) in [6.45, 7) is -0.684. The second kappa shape index (κ2) is 7.68. The van der Waals surface area contributed by atoms with Crippen LogP contribution in [-0.4, -0.2) is 40.9 Å². The largest absolute Gasteiger partial charge is 0.465 e. The number of carboxylic acid groups (broad SMARTS) is 1. The van der Waals surface area contributed by atoms with Crippen LogP contribution in [0.3, 0.4) is 0 Å². The molecule has 0 bridgehead atoms. The third-order valence-electron chi connectivity index (χ3n) is 4.17. The number of halogens is 3. The maximum absolute atomic E-state index is 12.2. The Kier molecular flexibility index (Phi) is 5.87. The third-order valence-corrected chi connectivity index (χ3v) is 4.17. The van der Waals surface area contributed by atoms with Gasteiger partial charge in [0, 0.05) is 18.6 Å². The summed E-state index contributed by atoms with van der Waals surface area (Å²) < 4.78 is 36.6. The molecule has 1 aliphatic carbocycles. The Morgan fingerprint density at radius 1 is 1.17 bits per heavy atom. The first-order chi connectivity index (χ1) is 10.8. The molecule has 0 spiro atoms. The van der Waals surface area contributed by atoms with Gasteiger partial charge in [-0.05, 0) is 31.2 Å². The van der Waals surface area contributed by atoms with Gasteiger partial charge < -0.3 is 15.3 Å². The first-order valence-corrected chi connectivity index (χ1v) is 7.69. The van der Waals surface area contributed by atoms with E-state index in [4.69, 9.17) is 0 Å². The van der Waals surface area contributed by atoms with Crippen LogP contribution < -0.4 is 5.32 Å². The Labute approximate surface area is 133 Å². The second-order valence-electron chi connectivity index (χ2n) is 5.90. The first kappa shape index (κ1) is 17.6. The summed E-state index contributed by atoms with van der Waals surface area (Å²) >= 11 is 0. The van der Waals surface area contributed by atoms with Gasteiger partial charge in [-0.15, -0.1) is 0 Å². The fraction of sp³-hybridized carbons (Fsp3) is 0.562. The fourth-order valence-electron chi connectivity index (χ4n) is 2.98. The number of benzene rings is 1. The van der Waals surface area contributed by atoms with E-state index in [0.29, 0.717) is 32.2 Å². The summed E-state index contributed by atoms with van der Waals surface area (Å²) in [5.41, 5.74) is 0.909. The molecule has 1 amide bonds. The summed E-state index contributed by atoms with van der Waals surface area (Å²) in [5.74, 6) is 0. The lowest BCUT2D eigenvalue weighted by atomic mass is 9.90. The van der Waals surface area contributed by atoms with Crippen molar-refractivity contribution in [3.63, 3.8) is 0 Å². The molecule has 1 aliphatic rings. The predicted molar refractivity (Wildman–Crippen MR) is 80.1 cm³/mol. The van der Waals surface area contributed by atoms with Crippen LogP contribution in [0.1, 0.15) is 31.2 Å². The van der Waals surface area contributed by atoms with Crippen LogP contribution in [0.4, 0.5) is 18.0 Å². The molecule has 7 heteroatoms. The molecular weight excluding hydrogens is 309 g/mol. The molecule has 4 nitrogen and oxygen atoms in total. The van der Waals surface area contributed by atoms with E-state index in [-0.39, 0.29) is 12.1 Å². The molecule has 0 unspecified atom stereocenters. The molecule has 1 aromatic carbocycles. The average molecular weight is 330 g/mol. The molecule has 128 valence electrons. The number of hydrogen-bond acceptors (Lipinski definition) is 2. The van der Waals surface area contributed by atoms with E-state index >= 15 is 0 Å². The molecule has 0 atom stereocenters. The maximum atomic E-state index is 12.2. The molecule has 1 fully saturated rings. The summed E-state index contributed by atoms with van der Waals surface area (Å²) in [4.78, 5) is 12.9. The van der Waals surface area contributed by atoms with Crippen molar-refractivity contribution >= 4 is 6.09 Å². The second-order valence-corrected chi connectivity index (χ2v) is 5.90. The van der Waals surface area contributed by atoms with E-state index in [1.54, 1.807) is 0 Å². The highest BCUT2D eigenvalue weighted by atomic mass is 19.4. The molecule has 2 N–H and O–H groups in total. The molecule has 0 aliphatic heterocycles. The Balaban J connectivity index is 1.87. The van der Waals surface area contributed by atoms with Crippen molar-refractivity contribution in [3.05, 3.63) is 35.9 Å². The molecule has 23 heavy (non-hydrogen) atoms. The molecule has 0 radical (unpaired) electrons. The summed E-state index contributed by atoms with van der Waals surface area (Å²) in [6, 6.07) is 8.97. The third kappa shape index (κ3) is 5.74. The van der Waals surface area contributed by atoms with Crippen molar-refractivity contribution < 1.29 is 23.1 Å². The van der Waals surface area contributed by atoms with Crippen LogP contribution in [0.15, 0.2) is 30.3 Å². The standard InChI is InChI=1S/C16H21F3N2O2/c17-16(18,19)11-20-13-6-8-14(9-7-13)21(15(22)23)10-12-4-2-1-3-5-12/h1-5,13-14,20H,6-11H2,(H,22,23)/t13-,14-. The Bertz CT molecular complexity index is 500. The van der Waals surface area contributed by atoms with Gasteiger partial charge in [-0.2, -0.15) is 13.2 Å². The lowest BCUT2D eigenvalue weighted by Crippen LogP contribution is -2.45. The quantitative estimate of drug-likeness (QED) is 0.867. The highest BCUT2D eigenvalue weighted by Gasteiger charge is 2.32. The van der Waals surface area contributed by atoms with Crippen LogP contribution in [0, 0.1) is 0 Å². The zero-order chi connectivity index (χ0) is 16.9. The zero-order valence-corrected chi connectivity index (χ0v) is 12.7. The highest BCUT2D eigenvalue weighted by molar-refractivity contribution is 5.65. The Morgan fingerprint density at radius 3 is 2.30 bits per heavy atom. The van der Waals surface area contributed by atoms with E-state index in [0.717, 1.165) is 5.56 Å². The lowest BCUT2D eigenvalue weighted by molar-refractivity contribution is -0.126. The van der Waals surface area contributed by atoms with Gasteiger partial charge >= 0.3 is 12.3 Å². The van der Waals surface area contributed by atoms with Crippen molar-refractivity contribution in [1.29, 1.82) is 0 Å². The maximum Gasteiger partial charge on any atom is 0.407 e. The lowest BCUT2D eigenvalue weighted by Gasteiger charge is -2.35. The van der Waals surface area contributed by atoms with E-state index in [1.807, 2.05) is 30.3 Å². The number of hydrogen-bond donors (Lipinski definition) is 2. The number of alkyl halides is 3. The minimum Gasteiger partial charge on any atom is -0.465 e. The van der Waals surface area contributed by atoms with Gasteiger partial charge in [0.1, 0.15) is 0 Å². The van der Waals surface area contributed by atoms with Gasteiger partial charge in [0.2, 0.25) is 0 Å². The molecule has 1 aromatic rings. The van der Waals surface area contributed by atoms with E-state index < -0.39 is 18.8 Å². The molecule has 0 heterocycles. The highest BCUT2D eigenvalue weighted by Crippen LogP contribution is 2.25. The van der Waals surface area contributed by atoms with Crippen molar-refractivity contribution in [1.82, 2.24) is 10.2 Å². The molecule has 0 saturated heterocycles. The Morgan fingerprint density at radius 2 is 1.78 bits per heavy atom. The van der Waals surface area contributed by atoms with E-state index in [2.05, 4.69) is 5.32 Å². The smallest absolute Gasteiger partial charge is 0.407 e. The van der Waals surface area contributed by atoms with Gasteiger partial charge in [0.05, 0.1) is 6.54 Å². The van der Waals surface area contributed by atoms with E-state index in [1.165, 1.54) is 4.90 Å².